The van der Waals surface area contributed by atoms with E-state index < -0.39 is 0 Å². The second kappa shape index (κ2) is 8.66. The minimum absolute atomic E-state index is 0.000496. The zero-order valence-electron chi connectivity index (χ0n) is 15.7. The molecule has 1 saturated heterocycles. The number of nitrogens with zero attached hydrogens (tertiary/aromatic N) is 5. The molecule has 0 saturated carbocycles. The molecule has 1 aliphatic heterocycles. The van der Waals surface area contributed by atoms with E-state index in [1.165, 1.54) is 9.75 Å². The third kappa shape index (κ3) is 4.48. The quantitative estimate of drug-likeness (QED) is 0.695. The van der Waals surface area contributed by atoms with Gasteiger partial charge in [0.25, 0.3) is 0 Å². The number of thiophene rings is 1. The van der Waals surface area contributed by atoms with Crippen LogP contribution >= 0.6 is 22.7 Å². The van der Waals surface area contributed by atoms with Crippen molar-refractivity contribution in [1.29, 1.82) is 0 Å². The molecule has 2 amide bonds. The highest BCUT2D eigenvalue weighted by Gasteiger charge is 2.22. The lowest BCUT2D eigenvalue weighted by molar-refractivity contribution is 0.194. The van der Waals surface area contributed by atoms with Gasteiger partial charge in [0.1, 0.15) is 0 Å². The molecule has 0 atom stereocenters. The first-order chi connectivity index (χ1) is 13.7. The van der Waals surface area contributed by atoms with Gasteiger partial charge in [0.05, 0.1) is 15.6 Å². The Labute approximate surface area is 172 Å². The number of hydrogen-bond acceptors (Lipinski definition) is 7. The van der Waals surface area contributed by atoms with E-state index in [0.29, 0.717) is 19.6 Å². The summed E-state index contributed by atoms with van der Waals surface area (Å²) in [5, 5.41) is 6.21. The fourth-order valence-electron chi connectivity index (χ4n) is 3.10. The zero-order valence-corrected chi connectivity index (χ0v) is 17.3. The van der Waals surface area contributed by atoms with Crippen molar-refractivity contribution in [1.82, 2.24) is 25.2 Å². The van der Waals surface area contributed by atoms with E-state index >= 15 is 0 Å². The molecular weight excluding hydrogens is 392 g/mol. The van der Waals surface area contributed by atoms with E-state index in [1.54, 1.807) is 35.1 Å². The van der Waals surface area contributed by atoms with Crippen LogP contribution in [0.15, 0.2) is 36.0 Å². The van der Waals surface area contributed by atoms with Crippen LogP contribution in [0.3, 0.4) is 0 Å². The third-order valence-electron chi connectivity index (χ3n) is 4.58. The molecule has 9 heteroatoms. The lowest BCUT2D eigenvalue weighted by Crippen LogP contribution is -2.52. The summed E-state index contributed by atoms with van der Waals surface area (Å²) in [5.41, 5.74) is 1.04. The predicted molar refractivity (Wildman–Crippen MR) is 113 cm³/mol. The van der Waals surface area contributed by atoms with Crippen LogP contribution in [0.25, 0.3) is 10.6 Å². The summed E-state index contributed by atoms with van der Waals surface area (Å²) in [4.78, 5) is 31.9. The second-order valence-electron chi connectivity index (χ2n) is 6.52. The smallest absolute Gasteiger partial charge is 0.317 e. The Morgan fingerprint density at radius 3 is 2.68 bits per heavy atom. The van der Waals surface area contributed by atoms with Crippen LogP contribution in [0.4, 0.5) is 10.7 Å². The Hall–Kier alpha value is -2.52. The summed E-state index contributed by atoms with van der Waals surface area (Å²) in [6.07, 6.45) is 4.32. The molecule has 3 aromatic rings. The van der Waals surface area contributed by atoms with Crippen molar-refractivity contribution in [2.45, 2.75) is 13.3 Å². The van der Waals surface area contributed by atoms with Crippen molar-refractivity contribution in [2.24, 2.45) is 0 Å². The van der Waals surface area contributed by atoms with Crippen LogP contribution in [-0.4, -0.2) is 58.6 Å². The number of thiazole rings is 1. The number of nitrogens with one attached hydrogen (secondary N) is 1. The average molecular weight is 415 g/mol. The summed E-state index contributed by atoms with van der Waals surface area (Å²) in [5.74, 6) is 0.728. The molecule has 0 bridgehead atoms. The maximum Gasteiger partial charge on any atom is 0.317 e. The van der Waals surface area contributed by atoms with Crippen LogP contribution in [0.2, 0.25) is 0 Å². The first-order valence-electron chi connectivity index (χ1n) is 9.25. The molecule has 146 valence electrons. The molecule has 1 fully saturated rings. The van der Waals surface area contributed by atoms with Crippen molar-refractivity contribution in [3.63, 3.8) is 0 Å². The van der Waals surface area contributed by atoms with E-state index in [2.05, 4.69) is 42.7 Å². The molecule has 3 aromatic heterocycles. The number of carbonyl (C=O) groups is 1. The SMILES string of the molecule is Cc1nc(-c2ccc(CCNC(=O)N3CCN(c4ncccn4)CC3)s2)cs1. The van der Waals surface area contributed by atoms with Crippen LogP contribution in [-0.2, 0) is 6.42 Å². The van der Waals surface area contributed by atoms with Crippen LogP contribution < -0.4 is 10.2 Å². The molecule has 4 rings (SSSR count). The maximum absolute atomic E-state index is 12.4. The molecule has 0 spiro atoms. The minimum atomic E-state index is 0.000496. The molecule has 4 heterocycles. The van der Waals surface area contributed by atoms with E-state index in [9.17, 15) is 4.79 Å². The van der Waals surface area contributed by atoms with Gasteiger partial charge in [-0.1, -0.05) is 0 Å². The van der Waals surface area contributed by atoms with Crippen molar-refractivity contribution in [3.8, 4) is 10.6 Å². The van der Waals surface area contributed by atoms with Gasteiger partial charge in [-0.05, 0) is 31.5 Å². The van der Waals surface area contributed by atoms with Crippen LogP contribution in [0.1, 0.15) is 9.88 Å². The Kier molecular flexibility index (Phi) is 5.82. The van der Waals surface area contributed by atoms with Gasteiger partial charge in [-0.25, -0.2) is 19.7 Å². The van der Waals surface area contributed by atoms with Gasteiger partial charge in [0.15, 0.2) is 0 Å². The van der Waals surface area contributed by atoms with E-state index in [1.807, 2.05) is 17.9 Å². The number of piperazine rings is 1. The van der Waals surface area contributed by atoms with Crippen molar-refractivity contribution < 1.29 is 4.79 Å². The first-order valence-corrected chi connectivity index (χ1v) is 10.9. The molecule has 0 aromatic carbocycles. The molecule has 7 nitrogen and oxygen atoms in total. The van der Waals surface area contributed by atoms with Crippen LogP contribution in [0.5, 0.6) is 0 Å². The van der Waals surface area contributed by atoms with Gasteiger partial charge in [-0.15, -0.1) is 22.7 Å². The molecule has 0 unspecified atom stereocenters. The summed E-state index contributed by atoms with van der Waals surface area (Å²) in [7, 11) is 0. The molecule has 0 radical (unpaired) electrons. The third-order valence-corrected chi connectivity index (χ3v) is 6.52. The number of amides is 2. The number of hydrogen-bond donors (Lipinski definition) is 1. The highest BCUT2D eigenvalue weighted by molar-refractivity contribution is 7.16. The molecule has 1 aliphatic rings. The largest absolute Gasteiger partial charge is 0.338 e. The van der Waals surface area contributed by atoms with Crippen LogP contribution in [0, 0.1) is 6.92 Å². The van der Waals surface area contributed by atoms with Crippen molar-refractivity contribution in [3.05, 3.63) is 45.9 Å². The van der Waals surface area contributed by atoms with Gasteiger partial charge >= 0.3 is 6.03 Å². The Morgan fingerprint density at radius 2 is 1.96 bits per heavy atom. The van der Waals surface area contributed by atoms with E-state index in [4.69, 9.17) is 0 Å². The Morgan fingerprint density at radius 1 is 1.18 bits per heavy atom. The van der Waals surface area contributed by atoms with Gasteiger partial charge < -0.3 is 15.1 Å². The van der Waals surface area contributed by atoms with Gasteiger partial charge in [0, 0.05) is 55.4 Å². The van der Waals surface area contributed by atoms with Gasteiger partial charge in [-0.3, -0.25) is 0 Å². The summed E-state index contributed by atoms with van der Waals surface area (Å²) >= 11 is 3.41. The highest BCUT2D eigenvalue weighted by Crippen LogP contribution is 2.29. The number of rotatable bonds is 5. The lowest BCUT2D eigenvalue weighted by Gasteiger charge is -2.34. The molecule has 0 aliphatic carbocycles. The van der Waals surface area contributed by atoms with Gasteiger partial charge in [0.2, 0.25) is 5.95 Å². The van der Waals surface area contributed by atoms with Crippen molar-refractivity contribution >= 4 is 34.7 Å². The number of carbonyl (C=O) groups excluding carboxylic acids is 1. The van der Waals surface area contributed by atoms with E-state index in [-0.39, 0.29) is 6.03 Å². The summed E-state index contributed by atoms with van der Waals surface area (Å²) in [6.45, 7) is 5.51. The second-order valence-corrected chi connectivity index (χ2v) is 8.75. The fraction of sp³-hybridized carbons (Fsp3) is 0.368. The average Bonchev–Trinajstić information content (AvgIpc) is 3.38. The number of aromatic nitrogens is 3. The first kappa shape index (κ1) is 18.8. The Bertz CT molecular complexity index is 917. The predicted octanol–water partition coefficient (Wildman–Crippen LogP) is 3.04. The van der Waals surface area contributed by atoms with Crippen molar-refractivity contribution in [2.75, 3.05) is 37.6 Å². The van der Waals surface area contributed by atoms with Gasteiger partial charge in [-0.2, -0.15) is 0 Å². The molecule has 28 heavy (non-hydrogen) atoms. The fourth-order valence-corrected chi connectivity index (χ4v) is 4.75. The summed E-state index contributed by atoms with van der Waals surface area (Å²) < 4.78 is 0. The Balaban J connectivity index is 1.22. The normalized spacial score (nSPS) is 14.3. The zero-order chi connectivity index (χ0) is 19.3. The monoisotopic (exact) mass is 414 g/mol. The molecular formula is C19H22N6OS2. The highest BCUT2D eigenvalue weighted by atomic mass is 32.1. The maximum atomic E-state index is 12.4. The molecule has 1 N–H and O–H groups in total. The van der Waals surface area contributed by atoms with E-state index in [0.717, 1.165) is 36.2 Å². The standard InChI is InChI=1S/C19H22N6OS2/c1-14-23-16(13-27-14)17-4-3-15(28-17)5-8-22-19(26)25-11-9-24(10-12-25)18-20-6-2-7-21-18/h2-4,6-7,13H,5,8-12H2,1H3,(H,22,26). The number of aryl methyl sites for hydroxylation is 1. The number of anilines is 1. The summed E-state index contributed by atoms with van der Waals surface area (Å²) in [6, 6.07) is 6.04. The number of urea groups is 1. The lowest BCUT2D eigenvalue weighted by atomic mass is 10.3. The minimum Gasteiger partial charge on any atom is -0.338 e. The topological polar surface area (TPSA) is 74.2 Å².